The van der Waals surface area contributed by atoms with E-state index in [1.807, 2.05) is 13.9 Å². The van der Waals surface area contributed by atoms with Gasteiger partial charge in [0, 0.05) is 5.56 Å². The zero-order valence-corrected chi connectivity index (χ0v) is 7.81. The largest absolute Gasteiger partial charge is 0.248 e. The molecule has 3 nitrogen and oxygen atoms in total. The van der Waals surface area contributed by atoms with E-state index in [1.165, 1.54) is 12.4 Å². The molecule has 0 spiro atoms. The molecule has 0 aliphatic carbocycles. The SMILES string of the molecule is Bc1ccc(F)c(Cn2cncn2)c1. The lowest BCUT2D eigenvalue weighted by Crippen LogP contribution is -2.08. The molecule has 1 aromatic heterocycles. The van der Waals surface area contributed by atoms with Crippen LogP contribution < -0.4 is 5.46 Å². The lowest BCUT2D eigenvalue weighted by molar-refractivity contribution is 0.585. The average molecular weight is 189 g/mol. The minimum atomic E-state index is -0.203. The minimum Gasteiger partial charge on any atom is -0.248 e. The maximum atomic E-state index is 13.3. The zero-order valence-electron chi connectivity index (χ0n) is 7.81. The fourth-order valence-corrected chi connectivity index (χ4v) is 1.31. The Hall–Kier alpha value is -1.65. The number of hydrogen-bond acceptors (Lipinski definition) is 2. The molecule has 0 atom stereocenters. The topological polar surface area (TPSA) is 30.7 Å². The van der Waals surface area contributed by atoms with E-state index in [4.69, 9.17) is 0 Å². The van der Waals surface area contributed by atoms with Gasteiger partial charge in [-0.3, -0.25) is 0 Å². The Labute approximate surface area is 82.0 Å². The summed E-state index contributed by atoms with van der Waals surface area (Å²) in [5.41, 5.74) is 1.68. The third-order valence-corrected chi connectivity index (χ3v) is 2.00. The van der Waals surface area contributed by atoms with Crippen LogP contribution in [0.1, 0.15) is 5.56 Å². The first-order chi connectivity index (χ1) is 6.75. The van der Waals surface area contributed by atoms with Crippen LogP contribution in [0.2, 0.25) is 0 Å². The van der Waals surface area contributed by atoms with Crippen LogP contribution >= 0.6 is 0 Å². The molecule has 0 N–H and O–H groups in total. The standard InChI is InChI=1S/C9H9BFN3/c10-8-1-2-9(11)7(3-8)4-14-6-12-5-13-14/h1-3,5-6H,4,10H2. The van der Waals surface area contributed by atoms with Crippen molar-refractivity contribution >= 4 is 13.3 Å². The summed E-state index contributed by atoms with van der Waals surface area (Å²) in [7, 11) is 1.93. The monoisotopic (exact) mass is 189 g/mol. The summed E-state index contributed by atoms with van der Waals surface area (Å²) in [5, 5.41) is 3.92. The maximum Gasteiger partial charge on any atom is 0.139 e. The number of hydrogen-bond donors (Lipinski definition) is 0. The van der Waals surface area contributed by atoms with Crippen LogP contribution in [0.15, 0.2) is 30.9 Å². The Morgan fingerprint density at radius 2 is 2.29 bits per heavy atom. The molecule has 0 unspecified atom stereocenters. The quantitative estimate of drug-likeness (QED) is 0.608. The fourth-order valence-electron chi connectivity index (χ4n) is 1.31. The van der Waals surface area contributed by atoms with Gasteiger partial charge in [0.15, 0.2) is 0 Å². The van der Waals surface area contributed by atoms with Gasteiger partial charge in [0.05, 0.1) is 6.54 Å². The second-order valence-corrected chi connectivity index (χ2v) is 3.19. The van der Waals surface area contributed by atoms with E-state index in [-0.39, 0.29) is 5.82 Å². The van der Waals surface area contributed by atoms with Crippen molar-refractivity contribution < 1.29 is 4.39 Å². The van der Waals surface area contributed by atoms with Crippen molar-refractivity contribution in [1.82, 2.24) is 14.8 Å². The molecule has 0 radical (unpaired) electrons. The molecular formula is C9H9BFN3. The van der Waals surface area contributed by atoms with Crippen molar-refractivity contribution in [3.05, 3.63) is 42.2 Å². The van der Waals surface area contributed by atoms with Gasteiger partial charge in [0.25, 0.3) is 0 Å². The summed E-state index contributed by atoms with van der Waals surface area (Å²) >= 11 is 0. The molecule has 2 aromatic rings. The van der Waals surface area contributed by atoms with E-state index in [0.29, 0.717) is 12.1 Å². The summed E-state index contributed by atoms with van der Waals surface area (Å²) in [5.74, 6) is -0.203. The first kappa shape index (κ1) is 8.93. The van der Waals surface area contributed by atoms with Gasteiger partial charge in [-0.2, -0.15) is 5.10 Å². The third kappa shape index (κ3) is 1.81. The third-order valence-electron chi connectivity index (χ3n) is 2.00. The lowest BCUT2D eigenvalue weighted by Gasteiger charge is -2.03. The summed E-state index contributed by atoms with van der Waals surface area (Å²) in [6, 6.07) is 5.04. The second kappa shape index (κ2) is 3.61. The number of halogens is 1. The molecule has 70 valence electrons. The minimum absolute atomic E-state index is 0.203. The molecule has 0 saturated heterocycles. The highest BCUT2D eigenvalue weighted by Crippen LogP contribution is 2.05. The normalized spacial score (nSPS) is 10.4. The molecule has 0 amide bonds. The molecule has 0 saturated carbocycles. The number of aromatic nitrogens is 3. The zero-order chi connectivity index (χ0) is 9.97. The molecule has 0 aliphatic heterocycles. The van der Waals surface area contributed by atoms with Gasteiger partial charge in [0.2, 0.25) is 0 Å². The molecule has 0 fully saturated rings. The predicted octanol–water partition coefficient (Wildman–Crippen LogP) is -0.276. The average Bonchev–Trinajstić information content (AvgIpc) is 2.64. The summed E-state index contributed by atoms with van der Waals surface area (Å²) in [6.07, 6.45) is 3.01. The smallest absolute Gasteiger partial charge is 0.139 e. The molecule has 14 heavy (non-hydrogen) atoms. The Bertz CT molecular complexity index is 428. The number of nitrogens with zero attached hydrogens (tertiary/aromatic N) is 3. The highest BCUT2D eigenvalue weighted by molar-refractivity contribution is 6.32. The lowest BCUT2D eigenvalue weighted by atomic mass is 9.94. The van der Waals surface area contributed by atoms with Gasteiger partial charge in [-0.25, -0.2) is 14.1 Å². The molecule has 1 heterocycles. The van der Waals surface area contributed by atoms with Gasteiger partial charge in [-0.05, 0) is 6.07 Å². The molecule has 2 rings (SSSR count). The number of benzene rings is 1. The molecule has 1 aromatic carbocycles. The van der Waals surface area contributed by atoms with Crippen molar-refractivity contribution in [2.45, 2.75) is 6.54 Å². The van der Waals surface area contributed by atoms with Crippen molar-refractivity contribution in [2.75, 3.05) is 0 Å². The highest BCUT2D eigenvalue weighted by atomic mass is 19.1. The molecule has 0 aliphatic rings. The van der Waals surface area contributed by atoms with Crippen LogP contribution in [0.3, 0.4) is 0 Å². The summed E-state index contributed by atoms with van der Waals surface area (Å²) in [6.45, 7) is 0.424. The fraction of sp³-hybridized carbons (Fsp3) is 0.111. The highest BCUT2D eigenvalue weighted by Gasteiger charge is 2.02. The Morgan fingerprint density at radius 1 is 1.43 bits per heavy atom. The second-order valence-electron chi connectivity index (χ2n) is 3.19. The molecule has 0 bridgehead atoms. The Kier molecular flexibility index (Phi) is 2.31. The summed E-state index contributed by atoms with van der Waals surface area (Å²) in [4.78, 5) is 3.80. The first-order valence-corrected chi connectivity index (χ1v) is 4.33. The van der Waals surface area contributed by atoms with E-state index in [9.17, 15) is 4.39 Å². The van der Waals surface area contributed by atoms with Crippen molar-refractivity contribution in [3.63, 3.8) is 0 Å². The van der Waals surface area contributed by atoms with Gasteiger partial charge < -0.3 is 0 Å². The van der Waals surface area contributed by atoms with E-state index >= 15 is 0 Å². The van der Waals surface area contributed by atoms with E-state index in [1.54, 1.807) is 17.1 Å². The Balaban J connectivity index is 2.28. The van der Waals surface area contributed by atoms with Crippen LogP contribution in [-0.4, -0.2) is 22.6 Å². The van der Waals surface area contributed by atoms with Crippen LogP contribution in [0.5, 0.6) is 0 Å². The summed E-state index contributed by atoms with van der Waals surface area (Å²) < 4.78 is 14.9. The van der Waals surface area contributed by atoms with Crippen LogP contribution in [0.4, 0.5) is 4.39 Å². The van der Waals surface area contributed by atoms with E-state index < -0.39 is 0 Å². The first-order valence-electron chi connectivity index (χ1n) is 4.33. The van der Waals surface area contributed by atoms with Gasteiger partial charge in [0.1, 0.15) is 26.3 Å². The van der Waals surface area contributed by atoms with Crippen LogP contribution in [0.25, 0.3) is 0 Å². The van der Waals surface area contributed by atoms with Crippen molar-refractivity contribution in [3.8, 4) is 0 Å². The number of rotatable bonds is 2. The van der Waals surface area contributed by atoms with Crippen LogP contribution in [-0.2, 0) is 6.54 Å². The van der Waals surface area contributed by atoms with E-state index in [0.717, 1.165) is 5.46 Å². The van der Waals surface area contributed by atoms with Gasteiger partial charge >= 0.3 is 0 Å². The van der Waals surface area contributed by atoms with Gasteiger partial charge in [-0.15, -0.1) is 0 Å². The predicted molar refractivity (Wildman–Crippen MR) is 53.7 cm³/mol. The Morgan fingerprint density at radius 3 is 3.00 bits per heavy atom. The van der Waals surface area contributed by atoms with E-state index in [2.05, 4.69) is 10.1 Å². The van der Waals surface area contributed by atoms with Crippen molar-refractivity contribution in [1.29, 1.82) is 0 Å². The maximum absolute atomic E-state index is 13.3. The van der Waals surface area contributed by atoms with Crippen molar-refractivity contribution in [2.24, 2.45) is 0 Å². The molecular weight excluding hydrogens is 180 g/mol. The van der Waals surface area contributed by atoms with Gasteiger partial charge in [-0.1, -0.05) is 17.6 Å². The van der Waals surface area contributed by atoms with Crippen LogP contribution in [0, 0.1) is 5.82 Å². The molecule has 5 heteroatoms.